The van der Waals surface area contributed by atoms with Gasteiger partial charge in [-0.2, -0.15) is 0 Å². The Balaban J connectivity index is 2.48. The van der Waals surface area contributed by atoms with Crippen LogP contribution in [0.5, 0.6) is 11.5 Å². The molecule has 2 amide bonds. The monoisotopic (exact) mass is 371 g/mol. The van der Waals surface area contributed by atoms with Gasteiger partial charge in [0, 0.05) is 12.1 Å². The second kappa shape index (κ2) is 9.16. The van der Waals surface area contributed by atoms with Gasteiger partial charge in [0.1, 0.15) is 6.61 Å². The average Bonchev–Trinajstić information content (AvgIpc) is 2.88. The second-order valence-corrected chi connectivity index (χ2v) is 6.35. The van der Waals surface area contributed by atoms with Crippen molar-refractivity contribution in [3.63, 3.8) is 0 Å². The molecule has 0 aromatic heterocycles. The van der Waals surface area contributed by atoms with Crippen molar-refractivity contribution in [2.45, 2.75) is 20.3 Å². The van der Waals surface area contributed by atoms with Crippen molar-refractivity contribution in [2.75, 3.05) is 19.8 Å². The molecule has 1 aliphatic heterocycles. The number of carbonyl (C=O) groups is 2. The van der Waals surface area contributed by atoms with Crippen LogP contribution in [0.1, 0.15) is 25.0 Å². The van der Waals surface area contributed by atoms with Gasteiger partial charge in [0.15, 0.2) is 11.5 Å². The molecule has 26 heavy (non-hydrogen) atoms. The van der Waals surface area contributed by atoms with E-state index in [1.54, 1.807) is 25.1 Å². The summed E-state index contributed by atoms with van der Waals surface area (Å²) in [6.07, 6.45) is 9.30. The Morgan fingerprint density at radius 2 is 2.08 bits per heavy atom. The summed E-state index contributed by atoms with van der Waals surface area (Å²) in [5, 5.41) is -0.255. The molecule has 0 atom stereocenters. The SMILES string of the molecule is C#CCOc1c(CC=C)cc(C=C2SC(=O)N(CC)C2=O)cc1OCC. The van der Waals surface area contributed by atoms with E-state index in [2.05, 4.69) is 12.5 Å². The fraction of sp³-hybridized carbons (Fsp3) is 0.300. The molecule has 0 unspecified atom stereocenters. The summed E-state index contributed by atoms with van der Waals surface area (Å²) in [6.45, 7) is 8.34. The van der Waals surface area contributed by atoms with Gasteiger partial charge in [-0.3, -0.25) is 14.5 Å². The van der Waals surface area contributed by atoms with Crippen molar-refractivity contribution >= 4 is 29.0 Å². The van der Waals surface area contributed by atoms with E-state index in [4.69, 9.17) is 15.9 Å². The molecule has 0 saturated carbocycles. The van der Waals surface area contributed by atoms with Gasteiger partial charge in [-0.25, -0.2) is 0 Å². The lowest BCUT2D eigenvalue weighted by Gasteiger charge is -2.15. The average molecular weight is 371 g/mol. The third-order valence-corrected chi connectivity index (χ3v) is 4.51. The molecule has 0 bridgehead atoms. The van der Waals surface area contributed by atoms with E-state index >= 15 is 0 Å². The molecule has 1 fully saturated rings. The van der Waals surface area contributed by atoms with Crippen molar-refractivity contribution < 1.29 is 19.1 Å². The molecule has 1 saturated heterocycles. The minimum absolute atomic E-state index is 0.124. The molecular weight excluding hydrogens is 350 g/mol. The summed E-state index contributed by atoms with van der Waals surface area (Å²) in [6, 6.07) is 3.66. The van der Waals surface area contributed by atoms with Crippen molar-refractivity contribution in [1.82, 2.24) is 4.90 Å². The molecule has 1 aromatic rings. The Morgan fingerprint density at radius 1 is 1.31 bits per heavy atom. The van der Waals surface area contributed by atoms with E-state index in [0.29, 0.717) is 36.0 Å². The Bertz CT molecular complexity index is 792. The minimum Gasteiger partial charge on any atom is -0.490 e. The molecule has 1 heterocycles. The Kier molecular flexibility index (Phi) is 6.93. The molecule has 0 radical (unpaired) electrons. The Morgan fingerprint density at radius 3 is 2.65 bits per heavy atom. The topological polar surface area (TPSA) is 55.8 Å². The van der Waals surface area contributed by atoms with Gasteiger partial charge in [-0.15, -0.1) is 13.0 Å². The highest BCUT2D eigenvalue weighted by atomic mass is 32.2. The number of carbonyl (C=O) groups excluding carboxylic acids is 2. The molecule has 0 spiro atoms. The van der Waals surface area contributed by atoms with Gasteiger partial charge in [-0.1, -0.05) is 12.0 Å². The van der Waals surface area contributed by atoms with Crippen LogP contribution in [0.3, 0.4) is 0 Å². The number of nitrogens with zero attached hydrogens (tertiary/aromatic N) is 1. The maximum Gasteiger partial charge on any atom is 0.293 e. The van der Waals surface area contributed by atoms with Crippen molar-refractivity contribution in [1.29, 1.82) is 0 Å². The standard InChI is InChI=1S/C20H21NO4S/c1-5-9-15-11-14(12-16(24-8-4)18(15)25-10-6-2)13-17-19(22)21(7-3)20(23)26-17/h2,5,11-13H,1,7-10H2,3-4H3. The molecule has 1 aromatic carbocycles. The molecule has 136 valence electrons. The van der Waals surface area contributed by atoms with Crippen LogP contribution in [0.15, 0.2) is 29.7 Å². The lowest BCUT2D eigenvalue weighted by molar-refractivity contribution is -0.122. The lowest BCUT2D eigenvalue weighted by Crippen LogP contribution is -2.27. The predicted octanol–water partition coefficient (Wildman–Crippen LogP) is 3.88. The van der Waals surface area contributed by atoms with E-state index in [9.17, 15) is 9.59 Å². The van der Waals surface area contributed by atoms with Crippen LogP contribution in [0, 0.1) is 12.3 Å². The largest absolute Gasteiger partial charge is 0.490 e. The van der Waals surface area contributed by atoms with Gasteiger partial charge in [-0.05, 0) is 55.8 Å². The molecule has 0 aliphatic carbocycles. The molecular formula is C20H21NO4S. The van der Waals surface area contributed by atoms with Crippen molar-refractivity contribution in [2.24, 2.45) is 0 Å². The normalized spacial score (nSPS) is 15.3. The van der Waals surface area contributed by atoms with Gasteiger partial charge >= 0.3 is 0 Å². The zero-order valence-corrected chi connectivity index (χ0v) is 15.7. The smallest absolute Gasteiger partial charge is 0.293 e. The first-order valence-corrected chi connectivity index (χ1v) is 9.09. The first-order chi connectivity index (χ1) is 12.5. The summed E-state index contributed by atoms with van der Waals surface area (Å²) in [4.78, 5) is 25.8. The van der Waals surface area contributed by atoms with Gasteiger partial charge in [0.05, 0.1) is 11.5 Å². The molecule has 0 N–H and O–H groups in total. The van der Waals surface area contributed by atoms with E-state index in [0.717, 1.165) is 22.9 Å². The van der Waals surface area contributed by atoms with E-state index in [1.807, 2.05) is 13.0 Å². The maximum absolute atomic E-state index is 12.3. The predicted molar refractivity (Wildman–Crippen MR) is 104 cm³/mol. The molecule has 5 nitrogen and oxygen atoms in total. The van der Waals surface area contributed by atoms with Crippen LogP contribution in [0.25, 0.3) is 6.08 Å². The molecule has 1 aliphatic rings. The number of allylic oxidation sites excluding steroid dienone is 1. The number of benzene rings is 1. The number of terminal acetylenes is 1. The zero-order chi connectivity index (χ0) is 19.1. The summed E-state index contributed by atoms with van der Waals surface area (Å²) >= 11 is 0.938. The van der Waals surface area contributed by atoms with Gasteiger partial charge < -0.3 is 9.47 Å². The quantitative estimate of drug-likeness (QED) is 0.394. The third kappa shape index (κ3) is 4.30. The van der Waals surface area contributed by atoms with Crippen LogP contribution in [-0.2, 0) is 11.2 Å². The highest BCUT2D eigenvalue weighted by Gasteiger charge is 2.33. The van der Waals surface area contributed by atoms with Crippen molar-refractivity contribution in [3.8, 4) is 23.8 Å². The van der Waals surface area contributed by atoms with Crippen LogP contribution < -0.4 is 9.47 Å². The fourth-order valence-electron chi connectivity index (χ4n) is 2.54. The molecule has 6 heteroatoms. The number of thioether (sulfide) groups is 1. The summed E-state index contributed by atoms with van der Waals surface area (Å²) in [5.41, 5.74) is 1.60. The van der Waals surface area contributed by atoms with E-state index in [-0.39, 0.29) is 17.8 Å². The van der Waals surface area contributed by atoms with Crippen LogP contribution in [0.4, 0.5) is 4.79 Å². The van der Waals surface area contributed by atoms with Gasteiger partial charge in [0.25, 0.3) is 11.1 Å². The third-order valence-electron chi connectivity index (χ3n) is 3.61. The highest BCUT2D eigenvalue weighted by molar-refractivity contribution is 8.18. The second-order valence-electron chi connectivity index (χ2n) is 5.35. The van der Waals surface area contributed by atoms with E-state index in [1.165, 1.54) is 4.90 Å². The van der Waals surface area contributed by atoms with Crippen LogP contribution in [0.2, 0.25) is 0 Å². The first kappa shape index (κ1) is 19.7. The van der Waals surface area contributed by atoms with Crippen molar-refractivity contribution in [3.05, 3.63) is 40.8 Å². The number of likely N-dealkylation sites (N-methyl/N-ethyl adjacent to an activating group) is 1. The fourth-order valence-corrected chi connectivity index (χ4v) is 3.44. The maximum atomic E-state index is 12.3. The number of ether oxygens (including phenoxy) is 2. The van der Waals surface area contributed by atoms with E-state index < -0.39 is 0 Å². The minimum atomic E-state index is -0.279. The Labute approximate surface area is 158 Å². The lowest BCUT2D eigenvalue weighted by atomic mass is 10.0. The highest BCUT2D eigenvalue weighted by Crippen LogP contribution is 2.37. The zero-order valence-electron chi connectivity index (χ0n) is 14.9. The molecule has 2 rings (SSSR count). The number of hydrogen-bond acceptors (Lipinski definition) is 5. The summed E-state index contributed by atoms with van der Waals surface area (Å²) in [7, 11) is 0. The summed E-state index contributed by atoms with van der Waals surface area (Å²) < 4.78 is 11.3. The number of amides is 2. The van der Waals surface area contributed by atoms with Crippen LogP contribution >= 0.6 is 11.8 Å². The van der Waals surface area contributed by atoms with Gasteiger partial charge in [0.2, 0.25) is 0 Å². The summed E-state index contributed by atoms with van der Waals surface area (Å²) in [5.74, 6) is 3.28. The first-order valence-electron chi connectivity index (χ1n) is 8.27. The Hall–Kier alpha value is -2.65. The number of imide groups is 1. The van der Waals surface area contributed by atoms with Crippen LogP contribution in [-0.4, -0.2) is 35.8 Å². The number of rotatable bonds is 8. The number of hydrogen-bond donors (Lipinski definition) is 0.